The number of fused-ring (bicyclic) bond motifs is 3. The number of aromatic nitrogens is 5. The molecule has 0 spiro atoms. The van der Waals surface area contributed by atoms with Crippen molar-refractivity contribution in [1.82, 2.24) is 24.9 Å². The fourth-order valence-corrected chi connectivity index (χ4v) is 7.68. The average molecular weight is 677 g/mol. The van der Waals surface area contributed by atoms with Gasteiger partial charge in [-0.25, -0.2) is 19.9 Å². The lowest BCUT2D eigenvalue weighted by Crippen LogP contribution is -2.18. The maximum Gasteiger partial charge on any atom is 0.241 e. The van der Waals surface area contributed by atoms with Crippen LogP contribution in [0.5, 0.6) is 0 Å². The number of anilines is 3. The van der Waals surface area contributed by atoms with E-state index in [2.05, 4.69) is 0 Å². The van der Waals surface area contributed by atoms with Crippen LogP contribution in [0.4, 0.5) is 17.6 Å². The Balaban J connectivity index is 1.34. The van der Waals surface area contributed by atoms with Crippen LogP contribution < -0.4 is 4.90 Å². The summed E-state index contributed by atoms with van der Waals surface area (Å²) in [6.07, 6.45) is 0. The first-order valence-corrected chi connectivity index (χ1v) is 17.7. The van der Waals surface area contributed by atoms with Crippen molar-refractivity contribution in [3.63, 3.8) is 0 Å². The second-order valence-corrected chi connectivity index (χ2v) is 13.4. The van der Waals surface area contributed by atoms with Crippen LogP contribution in [-0.4, -0.2) is 29.5 Å². The third-order valence-electron chi connectivity index (χ3n) is 8.74. The van der Waals surface area contributed by atoms with E-state index in [0.29, 0.717) is 33.9 Å². The predicted molar refractivity (Wildman–Crippen MR) is 206 cm³/mol. The zero-order valence-corrected chi connectivity index (χ0v) is 28.0. The Morgan fingerprint density at radius 1 is 0.392 bits per heavy atom. The van der Waals surface area contributed by atoms with E-state index in [1.54, 1.807) is 0 Å². The smallest absolute Gasteiger partial charge is 0.241 e. The van der Waals surface area contributed by atoms with Gasteiger partial charge in [0.25, 0.3) is 0 Å². The fraction of sp³-hybridized carbons (Fsp3) is 0. The van der Waals surface area contributed by atoms with Crippen LogP contribution in [0.1, 0.15) is 0 Å². The molecule has 242 valence electrons. The van der Waals surface area contributed by atoms with Crippen molar-refractivity contribution in [2.45, 2.75) is 0 Å². The molecule has 0 amide bonds. The van der Waals surface area contributed by atoms with Gasteiger partial charge >= 0.3 is 0 Å². The molecule has 0 bridgehead atoms. The van der Waals surface area contributed by atoms with Crippen molar-refractivity contribution < 1.29 is 4.55 Å². The van der Waals surface area contributed by atoms with Gasteiger partial charge in [0.05, 0.1) is 17.1 Å². The van der Waals surface area contributed by atoms with Crippen LogP contribution in [0.25, 0.3) is 65.5 Å². The van der Waals surface area contributed by atoms with Crippen LogP contribution in [0, 0.1) is 0 Å². The first kappa shape index (κ1) is 30.4. The van der Waals surface area contributed by atoms with Crippen LogP contribution in [0.2, 0.25) is 0 Å². The van der Waals surface area contributed by atoms with Crippen molar-refractivity contribution >= 4 is 48.5 Å². The van der Waals surface area contributed by atoms with E-state index < -0.39 is 10.8 Å². The predicted octanol–water partition coefficient (Wildman–Crippen LogP) is 10.8. The quantitative estimate of drug-likeness (QED) is 0.155. The highest BCUT2D eigenvalue weighted by atomic mass is 32.2. The van der Waals surface area contributed by atoms with E-state index in [1.807, 2.05) is 175 Å². The summed E-state index contributed by atoms with van der Waals surface area (Å²) in [6, 6.07) is 55.6. The molecule has 8 heteroatoms. The fourth-order valence-electron chi connectivity index (χ4n) is 6.26. The van der Waals surface area contributed by atoms with E-state index in [9.17, 15) is 4.55 Å². The number of thiophene rings is 1. The van der Waals surface area contributed by atoms with Gasteiger partial charge in [-0.3, -0.25) is 0 Å². The molecule has 0 radical (unpaired) electrons. The summed E-state index contributed by atoms with van der Waals surface area (Å²) in [5, 5.41) is 1.90. The highest BCUT2D eigenvalue weighted by Gasteiger charge is 2.25. The van der Waals surface area contributed by atoms with Gasteiger partial charge in [-0.2, -0.15) is 9.97 Å². The Labute approximate surface area is 297 Å². The standard InChI is InChI=1S/C43H28N6OS/c50-51-38-24-14-13-23-34(38)35-26-25-33(27-39(35)51)49(42-44-36(29-15-5-1-6-16-29)28-37(45-42)30-17-7-2-8-18-30)43-47-40(31-19-9-3-10-20-31)46-41(48-43)32-21-11-4-12-22-32/h1-28H. The topological polar surface area (TPSA) is 90.8 Å². The number of benzene rings is 6. The van der Waals surface area contributed by atoms with Gasteiger partial charge in [0, 0.05) is 39.1 Å². The third kappa shape index (κ3) is 5.78. The maximum atomic E-state index is 13.9. The molecule has 0 aliphatic heterocycles. The number of nitrogens with zero attached hydrogens (tertiary/aromatic N) is 6. The molecule has 6 aromatic carbocycles. The summed E-state index contributed by atoms with van der Waals surface area (Å²) >= 11 is 0. The molecule has 0 aliphatic rings. The summed E-state index contributed by atoms with van der Waals surface area (Å²) in [4.78, 5) is 27.3. The normalized spacial score (nSPS) is 11.6. The number of hydrogen-bond donors (Lipinski definition) is 0. The van der Waals surface area contributed by atoms with E-state index >= 15 is 0 Å². The van der Waals surface area contributed by atoms with Gasteiger partial charge in [0.2, 0.25) is 11.9 Å². The van der Waals surface area contributed by atoms with Crippen LogP contribution in [-0.2, 0) is 0 Å². The van der Waals surface area contributed by atoms with Crippen molar-refractivity contribution in [1.29, 1.82) is 0 Å². The molecule has 0 saturated carbocycles. The highest BCUT2D eigenvalue weighted by Crippen LogP contribution is 2.44. The van der Waals surface area contributed by atoms with Crippen LogP contribution in [0.3, 0.4) is 0 Å². The van der Waals surface area contributed by atoms with Gasteiger partial charge in [-0.1, -0.05) is 133 Å². The van der Waals surface area contributed by atoms with Gasteiger partial charge < -0.3 is 4.55 Å². The first-order valence-electron chi connectivity index (χ1n) is 16.5. The Morgan fingerprint density at radius 3 is 1.39 bits per heavy atom. The lowest BCUT2D eigenvalue weighted by Gasteiger charge is -2.23. The van der Waals surface area contributed by atoms with Gasteiger partial charge in [0.15, 0.2) is 21.0 Å². The summed E-state index contributed by atoms with van der Waals surface area (Å²) in [5.74, 6) is 1.70. The Hall–Kier alpha value is -6.61. The van der Waals surface area contributed by atoms with Crippen molar-refractivity contribution in [3.8, 4) is 45.3 Å². The summed E-state index contributed by atoms with van der Waals surface area (Å²) in [5.41, 5.74) is 5.71. The molecular formula is C43H28N6OS. The second-order valence-electron chi connectivity index (χ2n) is 12.0. The Bertz CT molecular complexity index is 2410. The largest absolute Gasteiger partial charge is 0.590 e. The van der Waals surface area contributed by atoms with Crippen LogP contribution in [0.15, 0.2) is 170 Å². The zero-order chi connectivity index (χ0) is 34.1. The van der Waals surface area contributed by atoms with Gasteiger partial charge in [-0.15, -0.1) is 0 Å². The van der Waals surface area contributed by atoms with Crippen molar-refractivity contribution in [3.05, 3.63) is 170 Å². The molecule has 51 heavy (non-hydrogen) atoms. The minimum Gasteiger partial charge on any atom is -0.590 e. The van der Waals surface area contributed by atoms with Gasteiger partial charge in [0.1, 0.15) is 0 Å². The number of rotatable bonds is 7. The number of hydrogen-bond acceptors (Lipinski definition) is 7. The molecule has 0 N–H and O–H groups in total. The molecule has 9 aromatic rings. The summed E-state index contributed by atoms with van der Waals surface area (Å²) < 4.78 is 15.4. The maximum absolute atomic E-state index is 13.9. The van der Waals surface area contributed by atoms with Crippen molar-refractivity contribution in [2.24, 2.45) is 0 Å². The SMILES string of the molecule is [O-][s+]1c2ccccc2c2ccc(N(c3nc(-c4ccccc4)cc(-c4ccccc4)n3)c3nc(-c4ccccc4)nc(-c4ccccc4)n3)cc21. The average Bonchev–Trinajstić information content (AvgIpc) is 3.49. The molecule has 9 rings (SSSR count). The lowest BCUT2D eigenvalue weighted by atomic mass is 10.1. The molecule has 7 nitrogen and oxygen atoms in total. The van der Waals surface area contributed by atoms with E-state index in [-0.39, 0.29) is 0 Å². The highest BCUT2D eigenvalue weighted by molar-refractivity contribution is 7.37. The molecule has 1 unspecified atom stereocenters. The van der Waals surface area contributed by atoms with Gasteiger partial charge in [-0.05, 0) is 41.1 Å². The third-order valence-corrected chi connectivity index (χ3v) is 10.2. The molecule has 0 saturated heterocycles. The minimum absolute atomic E-state index is 0.327. The Kier molecular flexibility index (Phi) is 7.77. The summed E-state index contributed by atoms with van der Waals surface area (Å²) in [6.45, 7) is 0. The van der Waals surface area contributed by atoms with Crippen molar-refractivity contribution in [2.75, 3.05) is 4.90 Å². The van der Waals surface area contributed by atoms with E-state index in [1.165, 1.54) is 0 Å². The molecular weight excluding hydrogens is 649 g/mol. The van der Waals surface area contributed by atoms with E-state index in [0.717, 1.165) is 49.1 Å². The minimum atomic E-state index is -1.37. The molecule has 0 aliphatic carbocycles. The Morgan fingerprint density at radius 2 is 0.843 bits per heavy atom. The first-order chi connectivity index (χ1) is 25.2. The zero-order valence-electron chi connectivity index (χ0n) is 27.2. The summed E-state index contributed by atoms with van der Waals surface area (Å²) in [7, 11) is -1.37. The lowest BCUT2D eigenvalue weighted by molar-refractivity contribution is 0.602. The molecule has 1 atom stereocenters. The monoisotopic (exact) mass is 676 g/mol. The molecule has 3 heterocycles. The van der Waals surface area contributed by atoms with E-state index in [4.69, 9.17) is 24.9 Å². The molecule has 0 fully saturated rings. The molecule has 3 aromatic heterocycles. The van der Waals surface area contributed by atoms with Crippen LogP contribution >= 0.6 is 10.8 Å². The second kappa shape index (κ2) is 13.0.